The Labute approximate surface area is 187 Å². The lowest BCUT2D eigenvalue weighted by molar-refractivity contribution is 0.290. The van der Waals surface area contributed by atoms with E-state index >= 15 is 0 Å². The molecule has 32 heavy (non-hydrogen) atoms. The minimum atomic E-state index is -0.0104. The van der Waals surface area contributed by atoms with Gasteiger partial charge in [-0.05, 0) is 65.4 Å². The van der Waals surface area contributed by atoms with Crippen LogP contribution < -0.4 is 20.5 Å². The highest BCUT2D eigenvalue weighted by molar-refractivity contribution is 5.78. The van der Waals surface area contributed by atoms with Gasteiger partial charge in [0.25, 0.3) is 0 Å². The number of aromatic nitrogens is 2. The second-order valence-electron chi connectivity index (χ2n) is 9.02. The van der Waals surface area contributed by atoms with Gasteiger partial charge in [-0.2, -0.15) is 4.98 Å². The number of aryl methyl sites for hydroxylation is 1. The summed E-state index contributed by atoms with van der Waals surface area (Å²) in [4.78, 5) is 18.8. The summed E-state index contributed by atoms with van der Waals surface area (Å²) in [6.07, 6.45) is 7.73. The lowest BCUT2D eigenvalue weighted by Crippen LogP contribution is -2.36. The molecule has 3 aromatic rings. The molecule has 2 atom stereocenters. The van der Waals surface area contributed by atoms with Crippen LogP contribution in [0.15, 0.2) is 65.2 Å². The molecule has 0 amide bonds. The van der Waals surface area contributed by atoms with Crippen molar-refractivity contribution in [3.63, 3.8) is 0 Å². The van der Waals surface area contributed by atoms with E-state index in [0.29, 0.717) is 24.6 Å². The van der Waals surface area contributed by atoms with Gasteiger partial charge < -0.3 is 19.5 Å². The Morgan fingerprint density at radius 1 is 1.09 bits per heavy atom. The van der Waals surface area contributed by atoms with Crippen molar-refractivity contribution >= 4 is 5.82 Å². The Hall–Kier alpha value is -3.38. The number of anilines is 1. The van der Waals surface area contributed by atoms with Crippen LogP contribution in [0.25, 0.3) is 22.3 Å². The topological polar surface area (TPSA) is 59.4 Å². The molecule has 2 bridgehead atoms. The molecule has 0 spiro atoms. The maximum atomic E-state index is 11.7. The maximum Gasteiger partial charge on any atom is 0.250 e. The molecule has 3 aliphatic heterocycles. The van der Waals surface area contributed by atoms with E-state index in [1.165, 1.54) is 18.5 Å². The second kappa shape index (κ2) is 7.35. The van der Waals surface area contributed by atoms with Gasteiger partial charge in [0.15, 0.2) is 0 Å². The highest BCUT2D eigenvalue weighted by atomic mass is 16.5. The standard InChI is InChI=1S/C26H26N4O2/c1-29-14-17(4-10-25(29)31)16-3-7-22-18(11-16)15-32-26-23(22)8-9-24(28-26)30(2)21-12-19-5-6-20(13-21)27-19/h3-4,7-12,14,19-20,27H,5-6,13,15H2,1-2H3. The fourth-order valence-corrected chi connectivity index (χ4v) is 5.09. The molecule has 1 saturated heterocycles. The van der Waals surface area contributed by atoms with Crippen LogP contribution in [0.2, 0.25) is 0 Å². The van der Waals surface area contributed by atoms with E-state index < -0.39 is 0 Å². The first-order valence-electron chi connectivity index (χ1n) is 11.2. The smallest absolute Gasteiger partial charge is 0.250 e. The van der Waals surface area contributed by atoms with E-state index in [9.17, 15) is 4.79 Å². The van der Waals surface area contributed by atoms with Crippen molar-refractivity contribution in [2.75, 3.05) is 11.9 Å². The highest BCUT2D eigenvalue weighted by Crippen LogP contribution is 2.39. The van der Waals surface area contributed by atoms with Crippen LogP contribution in [-0.4, -0.2) is 28.7 Å². The van der Waals surface area contributed by atoms with E-state index in [4.69, 9.17) is 9.72 Å². The van der Waals surface area contributed by atoms with Gasteiger partial charge in [-0.25, -0.2) is 0 Å². The Balaban J connectivity index is 1.31. The zero-order valence-corrected chi connectivity index (χ0v) is 18.3. The Bertz CT molecular complexity index is 1310. The van der Waals surface area contributed by atoms with E-state index in [2.05, 4.69) is 53.7 Å². The molecule has 0 saturated carbocycles. The number of nitrogens with zero attached hydrogens (tertiary/aromatic N) is 3. The molecular weight excluding hydrogens is 400 g/mol. The van der Waals surface area contributed by atoms with Crippen LogP contribution in [0.1, 0.15) is 24.8 Å². The summed E-state index contributed by atoms with van der Waals surface area (Å²) in [6.45, 7) is 0.485. The number of hydrogen-bond donors (Lipinski definition) is 1. The van der Waals surface area contributed by atoms with Gasteiger partial charge in [0.05, 0.1) is 0 Å². The molecule has 162 valence electrons. The molecule has 1 fully saturated rings. The van der Waals surface area contributed by atoms with Gasteiger partial charge in [0.1, 0.15) is 12.4 Å². The van der Waals surface area contributed by atoms with Crippen LogP contribution in [0.4, 0.5) is 5.82 Å². The van der Waals surface area contributed by atoms with Gasteiger partial charge in [-0.1, -0.05) is 12.1 Å². The lowest BCUT2D eigenvalue weighted by Gasteiger charge is -2.29. The third kappa shape index (κ3) is 3.22. The van der Waals surface area contributed by atoms with Crippen LogP contribution in [0.5, 0.6) is 5.88 Å². The third-order valence-corrected chi connectivity index (χ3v) is 6.92. The van der Waals surface area contributed by atoms with Gasteiger partial charge in [-0.15, -0.1) is 0 Å². The third-order valence-electron chi connectivity index (χ3n) is 6.92. The first kappa shape index (κ1) is 19.3. The number of nitrogens with one attached hydrogen (secondary N) is 1. The second-order valence-corrected chi connectivity index (χ2v) is 9.02. The SMILES string of the molecule is CN(C1=CC2CCC(C1)N2)c1ccc2c(n1)OCc1cc(-c3ccc(=O)n(C)c3)ccc1-2. The minimum absolute atomic E-state index is 0.0104. The van der Waals surface area contributed by atoms with Crippen molar-refractivity contribution in [3.05, 3.63) is 76.4 Å². The number of rotatable bonds is 3. The zero-order valence-electron chi connectivity index (χ0n) is 18.3. The van der Waals surface area contributed by atoms with Gasteiger partial charge in [0, 0.05) is 56.1 Å². The quantitative estimate of drug-likeness (QED) is 0.689. The van der Waals surface area contributed by atoms with Gasteiger partial charge in [-0.3, -0.25) is 4.79 Å². The predicted octanol–water partition coefficient (Wildman–Crippen LogP) is 3.85. The van der Waals surface area contributed by atoms with Gasteiger partial charge >= 0.3 is 0 Å². The van der Waals surface area contributed by atoms with Crippen molar-refractivity contribution in [3.8, 4) is 28.1 Å². The van der Waals surface area contributed by atoms with Crippen molar-refractivity contribution in [1.29, 1.82) is 0 Å². The number of fused-ring (bicyclic) bond motifs is 5. The van der Waals surface area contributed by atoms with Crippen LogP contribution in [-0.2, 0) is 13.7 Å². The van der Waals surface area contributed by atoms with Crippen LogP contribution in [0.3, 0.4) is 0 Å². The molecule has 6 heteroatoms. The van der Waals surface area contributed by atoms with E-state index in [0.717, 1.165) is 40.1 Å². The molecule has 5 heterocycles. The fraction of sp³-hybridized carbons (Fsp3) is 0.308. The molecule has 0 radical (unpaired) electrons. The molecule has 0 aliphatic carbocycles. The van der Waals surface area contributed by atoms with E-state index in [1.807, 2.05) is 12.3 Å². The largest absolute Gasteiger partial charge is 0.472 e. The fourth-order valence-electron chi connectivity index (χ4n) is 5.09. The average Bonchev–Trinajstić information content (AvgIpc) is 3.16. The molecule has 1 aromatic carbocycles. The maximum absolute atomic E-state index is 11.7. The molecule has 2 aromatic heterocycles. The Kier molecular flexibility index (Phi) is 4.43. The summed E-state index contributed by atoms with van der Waals surface area (Å²) < 4.78 is 7.69. The molecule has 6 nitrogen and oxygen atoms in total. The number of hydrogen-bond acceptors (Lipinski definition) is 5. The lowest BCUT2D eigenvalue weighted by atomic mass is 9.95. The predicted molar refractivity (Wildman–Crippen MR) is 126 cm³/mol. The Morgan fingerprint density at radius 3 is 2.78 bits per heavy atom. The normalized spacial score (nSPS) is 20.8. The highest BCUT2D eigenvalue weighted by Gasteiger charge is 2.30. The summed E-state index contributed by atoms with van der Waals surface area (Å²) in [5.74, 6) is 1.61. The summed E-state index contributed by atoms with van der Waals surface area (Å²) >= 11 is 0. The van der Waals surface area contributed by atoms with Crippen LogP contribution >= 0.6 is 0 Å². The van der Waals surface area contributed by atoms with Crippen molar-refractivity contribution < 1.29 is 4.74 Å². The van der Waals surface area contributed by atoms with E-state index in [-0.39, 0.29) is 5.56 Å². The van der Waals surface area contributed by atoms with E-state index in [1.54, 1.807) is 17.7 Å². The van der Waals surface area contributed by atoms with Crippen molar-refractivity contribution in [2.45, 2.75) is 38.0 Å². The molecule has 1 N–H and O–H groups in total. The summed E-state index contributed by atoms with van der Waals surface area (Å²) in [5.41, 5.74) is 6.72. The molecular formula is C26H26N4O2. The minimum Gasteiger partial charge on any atom is -0.472 e. The van der Waals surface area contributed by atoms with Crippen molar-refractivity contribution in [1.82, 2.24) is 14.9 Å². The van der Waals surface area contributed by atoms with Crippen LogP contribution in [0, 0.1) is 0 Å². The summed E-state index contributed by atoms with van der Waals surface area (Å²) in [5, 5.41) is 3.64. The monoisotopic (exact) mass is 426 g/mol. The summed E-state index contributed by atoms with van der Waals surface area (Å²) in [7, 11) is 3.87. The molecule has 2 unspecified atom stereocenters. The first-order chi connectivity index (χ1) is 15.5. The Morgan fingerprint density at radius 2 is 1.94 bits per heavy atom. The van der Waals surface area contributed by atoms with Crippen molar-refractivity contribution in [2.24, 2.45) is 7.05 Å². The zero-order chi connectivity index (χ0) is 21.8. The van der Waals surface area contributed by atoms with Gasteiger partial charge in [0.2, 0.25) is 11.4 Å². The molecule has 3 aliphatic rings. The number of benzene rings is 1. The number of pyridine rings is 2. The average molecular weight is 427 g/mol. The molecule has 6 rings (SSSR count). The first-order valence-corrected chi connectivity index (χ1v) is 11.2. The number of ether oxygens (including phenoxy) is 1. The summed E-state index contributed by atoms with van der Waals surface area (Å²) in [6, 6.07) is 15.1.